The lowest BCUT2D eigenvalue weighted by Crippen LogP contribution is -2.24. The van der Waals surface area contributed by atoms with E-state index >= 15 is 0 Å². The molecule has 0 radical (unpaired) electrons. The van der Waals surface area contributed by atoms with Gasteiger partial charge in [-0.3, -0.25) is 0 Å². The Morgan fingerprint density at radius 3 is 2.38 bits per heavy atom. The number of hydrogen-bond acceptors (Lipinski definition) is 1. The third-order valence-corrected chi connectivity index (χ3v) is 4.01. The van der Waals surface area contributed by atoms with E-state index in [9.17, 15) is 8.78 Å². The fraction of sp³-hybridized carbons (Fsp3) is 0.294. The summed E-state index contributed by atoms with van der Waals surface area (Å²) in [4.78, 5) is 0. The zero-order valence-corrected chi connectivity index (χ0v) is 13.5. The zero-order chi connectivity index (χ0) is 15.2. The Morgan fingerprint density at radius 1 is 1.10 bits per heavy atom. The lowest BCUT2D eigenvalue weighted by atomic mass is 9.98. The second-order valence-corrected chi connectivity index (χ2v) is 5.86. The summed E-state index contributed by atoms with van der Waals surface area (Å²) in [7, 11) is 0. The third kappa shape index (κ3) is 4.61. The average molecular weight is 354 g/mol. The predicted octanol–water partition coefficient (Wildman–Crippen LogP) is 5.01. The fourth-order valence-electron chi connectivity index (χ4n) is 2.33. The highest BCUT2D eigenvalue weighted by Gasteiger charge is 2.15. The van der Waals surface area contributed by atoms with Crippen LogP contribution in [-0.2, 0) is 6.42 Å². The van der Waals surface area contributed by atoms with Crippen molar-refractivity contribution < 1.29 is 8.78 Å². The van der Waals surface area contributed by atoms with E-state index in [0.29, 0.717) is 12.0 Å². The minimum atomic E-state index is -0.536. The van der Waals surface area contributed by atoms with Gasteiger partial charge >= 0.3 is 0 Å². The van der Waals surface area contributed by atoms with Crippen molar-refractivity contribution in [2.75, 3.05) is 6.54 Å². The summed E-state index contributed by atoms with van der Waals surface area (Å²) >= 11 is 3.54. The van der Waals surface area contributed by atoms with Gasteiger partial charge in [-0.2, -0.15) is 0 Å². The fourth-order valence-corrected chi connectivity index (χ4v) is 2.89. The summed E-state index contributed by atoms with van der Waals surface area (Å²) in [6, 6.07) is 11.6. The number of halogens is 3. The Morgan fingerprint density at radius 2 is 1.76 bits per heavy atom. The maximum atomic E-state index is 13.3. The summed E-state index contributed by atoms with van der Waals surface area (Å²) in [6.07, 6.45) is 1.54. The first-order chi connectivity index (χ1) is 10.1. The highest BCUT2D eigenvalue weighted by atomic mass is 79.9. The Labute approximate surface area is 132 Å². The second kappa shape index (κ2) is 7.66. The van der Waals surface area contributed by atoms with Crippen LogP contribution in [0.3, 0.4) is 0 Å². The average Bonchev–Trinajstić information content (AvgIpc) is 2.43. The molecule has 0 heterocycles. The maximum Gasteiger partial charge on any atom is 0.126 e. The van der Waals surface area contributed by atoms with Crippen molar-refractivity contribution in [3.63, 3.8) is 0 Å². The Bertz CT molecular complexity index is 581. The molecule has 0 bridgehead atoms. The van der Waals surface area contributed by atoms with Gasteiger partial charge in [-0.15, -0.1) is 0 Å². The van der Waals surface area contributed by atoms with Crippen LogP contribution >= 0.6 is 15.9 Å². The molecule has 21 heavy (non-hydrogen) atoms. The molecule has 112 valence electrons. The van der Waals surface area contributed by atoms with Gasteiger partial charge in [-0.25, -0.2) is 8.78 Å². The van der Waals surface area contributed by atoms with E-state index < -0.39 is 11.6 Å². The van der Waals surface area contributed by atoms with Crippen LogP contribution in [-0.4, -0.2) is 6.54 Å². The predicted molar refractivity (Wildman–Crippen MR) is 85.2 cm³/mol. The number of benzene rings is 2. The normalized spacial score (nSPS) is 12.4. The van der Waals surface area contributed by atoms with Crippen LogP contribution in [0.2, 0.25) is 0 Å². The first kappa shape index (κ1) is 16.1. The van der Waals surface area contributed by atoms with Crippen LogP contribution < -0.4 is 5.32 Å². The molecule has 1 unspecified atom stereocenters. The van der Waals surface area contributed by atoms with Crippen LogP contribution in [0.1, 0.15) is 30.5 Å². The van der Waals surface area contributed by atoms with Gasteiger partial charge in [-0.05, 0) is 48.7 Å². The molecule has 0 aliphatic rings. The van der Waals surface area contributed by atoms with Gasteiger partial charge < -0.3 is 5.32 Å². The molecule has 0 spiro atoms. The third-order valence-electron chi connectivity index (χ3n) is 3.28. The van der Waals surface area contributed by atoms with Crippen LogP contribution in [0.15, 0.2) is 46.9 Å². The summed E-state index contributed by atoms with van der Waals surface area (Å²) < 4.78 is 27.7. The summed E-state index contributed by atoms with van der Waals surface area (Å²) in [5, 5.41) is 3.44. The van der Waals surface area contributed by atoms with Crippen LogP contribution in [0.5, 0.6) is 0 Å². The Hall–Kier alpha value is -1.26. The van der Waals surface area contributed by atoms with Crippen molar-refractivity contribution in [2.45, 2.75) is 25.8 Å². The highest BCUT2D eigenvalue weighted by molar-refractivity contribution is 9.10. The van der Waals surface area contributed by atoms with Crippen LogP contribution in [0.25, 0.3) is 0 Å². The first-order valence-electron chi connectivity index (χ1n) is 7.03. The molecular formula is C17H18BrF2N. The molecule has 1 N–H and O–H groups in total. The quantitative estimate of drug-likeness (QED) is 0.769. The van der Waals surface area contributed by atoms with Crippen LogP contribution in [0, 0.1) is 11.6 Å². The van der Waals surface area contributed by atoms with Gasteiger partial charge in [0, 0.05) is 16.6 Å². The molecule has 0 amide bonds. The van der Waals surface area contributed by atoms with Crippen molar-refractivity contribution in [3.8, 4) is 0 Å². The molecule has 0 saturated carbocycles. The molecule has 1 atom stereocenters. The summed E-state index contributed by atoms with van der Waals surface area (Å²) in [6.45, 7) is 2.94. The van der Waals surface area contributed by atoms with Crippen molar-refractivity contribution in [2.24, 2.45) is 0 Å². The largest absolute Gasteiger partial charge is 0.310 e. The summed E-state index contributed by atoms with van der Waals surface area (Å²) in [5.74, 6) is -1.07. The molecule has 0 aliphatic heterocycles. The lowest BCUT2D eigenvalue weighted by Gasteiger charge is -2.20. The minimum absolute atomic E-state index is 0.0155. The molecule has 2 aromatic carbocycles. The van der Waals surface area contributed by atoms with E-state index in [0.717, 1.165) is 29.1 Å². The molecule has 1 nitrogen and oxygen atoms in total. The minimum Gasteiger partial charge on any atom is -0.310 e. The molecule has 2 rings (SSSR count). The van der Waals surface area contributed by atoms with E-state index in [2.05, 4.69) is 28.2 Å². The molecule has 0 fully saturated rings. The topological polar surface area (TPSA) is 12.0 Å². The van der Waals surface area contributed by atoms with Gasteiger partial charge in [0.25, 0.3) is 0 Å². The van der Waals surface area contributed by atoms with E-state index in [1.54, 1.807) is 0 Å². The number of hydrogen-bond donors (Lipinski definition) is 1. The lowest BCUT2D eigenvalue weighted by molar-refractivity contribution is 0.521. The Balaban J connectivity index is 2.26. The maximum absolute atomic E-state index is 13.3. The van der Waals surface area contributed by atoms with E-state index in [-0.39, 0.29) is 6.04 Å². The number of rotatable bonds is 6. The van der Waals surface area contributed by atoms with Crippen molar-refractivity contribution in [1.82, 2.24) is 5.32 Å². The monoisotopic (exact) mass is 353 g/mol. The molecule has 0 aliphatic carbocycles. The zero-order valence-electron chi connectivity index (χ0n) is 11.9. The second-order valence-electron chi connectivity index (χ2n) is 5.01. The van der Waals surface area contributed by atoms with Gasteiger partial charge in [-0.1, -0.05) is 41.1 Å². The van der Waals surface area contributed by atoms with E-state index in [1.807, 2.05) is 24.3 Å². The van der Waals surface area contributed by atoms with Crippen molar-refractivity contribution in [1.29, 1.82) is 0 Å². The molecule has 2 aromatic rings. The van der Waals surface area contributed by atoms with Gasteiger partial charge in [0.2, 0.25) is 0 Å². The SMILES string of the molecule is CCCNC(Cc1cc(F)cc(F)c1)c1ccccc1Br. The molecular weight excluding hydrogens is 336 g/mol. The van der Waals surface area contributed by atoms with Crippen molar-refractivity contribution >= 4 is 15.9 Å². The van der Waals surface area contributed by atoms with Crippen LogP contribution in [0.4, 0.5) is 8.78 Å². The van der Waals surface area contributed by atoms with Gasteiger partial charge in [0.05, 0.1) is 0 Å². The standard InChI is InChI=1S/C17H18BrF2N/c1-2-7-21-17(15-5-3-4-6-16(15)18)10-12-8-13(19)11-14(20)9-12/h3-6,8-9,11,17,21H,2,7,10H2,1H3. The molecule has 4 heteroatoms. The van der Waals surface area contributed by atoms with E-state index in [4.69, 9.17) is 0 Å². The smallest absolute Gasteiger partial charge is 0.126 e. The first-order valence-corrected chi connectivity index (χ1v) is 7.82. The number of nitrogens with one attached hydrogen (secondary N) is 1. The molecule has 0 saturated heterocycles. The molecule has 0 aromatic heterocycles. The van der Waals surface area contributed by atoms with E-state index in [1.165, 1.54) is 12.1 Å². The van der Waals surface area contributed by atoms with Gasteiger partial charge in [0.1, 0.15) is 11.6 Å². The van der Waals surface area contributed by atoms with Crippen molar-refractivity contribution in [3.05, 3.63) is 69.7 Å². The summed E-state index contributed by atoms with van der Waals surface area (Å²) in [5.41, 5.74) is 1.74. The van der Waals surface area contributed by atoms with Gasteiger partial charge in [0.15, 0.2) is 0 Å². The highest BCUT2D eigenvalue weighted by Crippen LogP contribution is 2.26. The Kier molecular flexibility index (Phi) is 5.88.